The van der Waals surface area contributed by atoms with Gasteiger partial charge in [-0.15, -0.1) is 0 Å². The lowest BCUT2D eigenvalue weighted by Gasteiger charge is -2.04. The third-order valence-electron chi connectivity index (χ3n) is 3.63. The van der Waals surface area contributed by atoms with E-state index in [0.29, 0.717) is 29.4 Å². The molecule has 0 aliphatic heterocycles. The van der Waals surface area contributed by atoms with Gasteiger partial charge in [0, 0.05) is 10.0 Å². The summed E-state index contributed by atoms with van der Waals surface area (Å²) in [6.45, 7) is 0.316. The number of ketones is 1. The summed E-state index contributed by atoms with van der Waals surface area (Å²) in [6, 6.07) is 18.2. The second kappa shape index (κ2) is 8.54. The van der Waals surface area contributed by atoms with E-state index in [-0.39, 0.29) is 5.78 Å². The minimum atomic E-state index is -0.101. The van der Waals surface area contributed by atoms with E-state index in [4.69, 9.17) is 13.9 Å². The summed E-state index contributed by atoms with van der Waals surface area (Å²) in [4.78, 5) is 12.2. The van der Waals surface area contributed by atoms with Gasteiger partial charge in [0.1, 0.15) is 29.6 Å². The van der Waals surface area contributed by atoms with Crippen molar-refractivity contribution < 1.29 is 18.7 Å². The zero-order valence-electron chi connectivity index (χ0n) is 14.1. The van der Waals surface area contributed by atoms with Crippen LogP contribution in [-0.2, 0) is 6.61 Å². The van der Waals surface area contributed by atoms with Crippen LogP contribution in [0.15, 0.2) is 75.6 Å². The predicted molar refractivity (Wildman–Crippen MR) is 104 cm³/mol. The molecule has 26 heavy (non-hydrogen) atoms. The molecule has 0 fully saturated rings. The average Bonchev–Trinajstić information content (AvgIpc) is 3.12. The molecule has 1 heterocycles. The van der Waals surface area contributed by atoms with Crippen molar-refractivity contribution >= 4 is 27.8 Å². The molecule has 0 N–H and O–H groups in total. The number of carbonyl (C=O) groups excluding carboxylic acids is 1. The fourth-order valence-corrected chi connectivity index (χ4v) is 2.66. The third-order valence-corrected chi connectivity index (χ3v) is 4.13. The lowest BCUT2D eigenvalue weighted by atomic mass is 10.1. The van der Waals surface area contributed by atoms with E-state index in [9.17, 15) is 4.79 Å². The van der Waals surface area contributed by atoms with Crippen LogP contribution in [0.2, 0.25) is 0 Å². The highest BCUT2D eigenvalue weighted by atomic mass is 79.9. The Hall–Kier alpha value is -2.79. The number of rotatable bonds is 7. The standard InChI is InChI=1S/C21H17BrO4/c1-24-17-7-5-15(6-8-17)21(23)12-11-18-9-10-20(26-18)14-25-19-4-2-3-16(22)13-19/h2-13H,14H2,1H3/b12-11+. The number of allylic oxidation sites excluding steroid dienone is 1. The fraction of sp³-hybridized carbons (Fsp3) is 0.0952. The van der Waals surface area contributed by atoms with Gasteiger partial charge in [-0.2, -0.15) is 0 Å². The molecular formula is C21H17BrO4. The molecular weight excluding hydrogens is 396 g/mol. The summed E-state index contributed by atoms with van der Waals surface area (Å²) >= 11 is 3.40. The first-order chi connectivity index (χ1) is 12.6. The summed E-state index contributed by atoms with van der Waals surface area (Å²) in [5, 5.41) is 0. The number of halogens is 1. The summed E-state index contributed by atoms with van der Waals surface area (Å²) in [7, 11) is 1.59. The quantitative estimate of drug-likeness (QED) is 0.378. The number of carbonyl (C=O) groups is 1. The van der Waals surface area contributed by atoms with Crippen molar-refractivity contribution in [1.29, 1.82) is 0 Å². The van der Waals surface area contributed by atoms with Gasteiger partial charge >= 0.3 is 0 Å². The highest BCUT2D eigenvalue weighted by molar-refractivity contribution is 9.10. The predicted octanol–water partition coefficient (Wildman–Crippen LogP) is 5.53. The Morgan fingerprint density at radius 1 is 1.08 bits per heavy atom. The maximum absolute atomic E-state index is 12.2. The second-order valence-corrected chi connectivity index (χ2v) is 6.39. The Kier molecular flexibility index (Phi) is 5.92. The normalized spacial score (nSPS) is 10.8. The average molecular weight is 413 g/mol. The first kappa shape index (κ1) is 18.0. The molecule has 3 aromatic rings. The van der Waals surface area contributed by atoms with E-state index in [0.717, 1.165) is 10.2 Å². The largest absolute Gasteiger partial charge is 0.497 e. The first-order valence-corrected chi connectivity index (χ1v) is 8.77. The number of methoxy groups -OCH3 is 1. The number of hydrogen-bond donors (Lipinski definition) is 0. The van der Waals surface area contributed by atoms with Gasteiger partial charge in [-0.05, 0) is 66.7 Å². The van der Waals surface area contributed by atoms with Crippen molar-refractivity contribution in [2.45, 2.75) is 6.61 Å². The van der Waals surface area contributed by atoms with Gasteiger partial charge in [-0.3, -0.25) is 4.79 Å². The van der Waals surface area contributed by atoms with Crippen LogP contribution >= 0.6 is 15.9 Å². The van der Waals surface area contributed by atoms with E-state index in [1.807, 2.05) is 30.3 Å². The zero-order chi connectivity index (χ0) is 18.4. The van der Waals surface area contributed by atoms with Crippen LogP contribution in [0.3, 0.4) is 0 Å². The highest BCUT2D eigenvalue weighted by Gasteiger charge is 2.04. The van der Waals surface area contributed by atoms with Crippen LogP contribution in [0, 0.1) is 0 Å². The Morgan fingerprint density at radius 2 is 1.88 bits per heavy atom. The Labute approximate surface area is 160 Å². The Morgan fingerprint density at radius 3 is 2.62 bits per heavy atom. The van der Waals surface area contributed by atoms with Crippen molar-refractivity contribution in [3.63, 3.8) is 0 Å². The molecule has 0 aliphatic carbocycles. The van der Waals surface area contributed by atoms with Gasteiger partial charge in [-0.1, -0.05) is 22.0 Å². The molecule has 1 aromatic heterocycles. The van der Waals surface area contributed by atoms with Crippen LogP contribution < -0.4 is 9.47 Å². The monoisotopic (exact) mass is 412 g/mol. The molecule has 0 bridgehead atoms. The molecule has 132 valence electrons. The third kappa shape index (κ3) is 4.86. The van der Waals surface area contributed by atoms with Crippen molar-refractivity contribution in [3.8, 4) is 11.5 Å². The molecule has 0 unspecified atom stereocenters. The lowest BCUT2D eigenvalue weighted by molar-refractivity contribution is 0.104. The van der Waals surface area contributed by atoms with Crippen LogP contribution in [0.4, 0.5) is 0 Å². The van der Waals surface area contributed by atoms with Crippen molar-refractivity contribution in [2.75, 3.05) is 7.11 Å². The summed E-state index contributed by atoms with van der Waals surface area (Å²) in [6.07, 6.45) is 3.13. The van der Waals surface area contributed by atoms with Crippen LogP contribution in [0.25, 0.3) is 6.08 Å². The minimum absolute atomic E-state index is 0.101. The van der Waals surface area contributed by atoms with E-state index in [1.54, 1.807) is 43.5 Å². The van der Waals surface area contributed by atoms with Crippen LogP contribution in [0.1, 0.15) is 21.9 Å². The molecule has 0 saturated carbocycles. The summed E-state index contributed by atoms with van der Waals surface area (Å²) < 4.78 is 17.4. The number of benzene rings is 2. The number of ether oxygens (including phenoxy) is 2. The molecule has 2 aromatic carbocycles. The van der Waals surface area contributed by atoms with Crippen LogP contribution in [-0.4, -0.2) is 12.9 Å². The molecule has 0 saturated heterocycles. The lowest BCUT2D eigenvalue weighted by Crippen LogP contribution is -1.94. The van der Waals surface area contributed by atoms with Crippen molar-refractivity contribution in [2.24, 2.45) is 0 Å². The van der Waals surface area contributed by atoms with Crippen molar-refractivity contribution in [3.05, 3.63) is 88.3 Å². The van der Waals surface area contributed by atoms with Gasteiger partial charge in [0.25, 0.3) is 0 Å². The highest BCUT2D eigenvalue weighted by Crippen LogP contribution is 2.20. The minimum Gasteiger partial charge on any atom is -0.497 e. The molecule has 4 nitrogen and oxygen atoms in total. The van der Waals surface area contributed by atoms with Gasteiger partial charge < -0.3 is 13.9 Å². The zero-order valence-corrected chi connectivity index (χ0v) is 15.7. The van der Waals surface area contributed by atoms with Crippen LogP contribution in [0.5, 0.6) is 11.5 Å². The topological polar surface area (TPSA) is 48.7 Å². The number of hydrogen-bond acceptors (Lipinski definition) is 4. The molecule has 0 aliphatic rings. The summed E-state index contributed by atoms with van der Waals surface area (Å²) in [5.41, 5.74) is 0.590. The maximum atomic E-state index is 12.2. The van der Waals surface area contributed by atoms with Gasteiger partial charge in [0.15, 0.2) is 5.78 Å². The first-order valence-electron chi connectivity index (χ1n) is 7.97. The van der Waals surface area contributed by atoms with Crippen molar-refractivity contribution in [1.82, 2.24) is 0 Å². The molecule has 0 spiro atoms. The van der Waals surface area contributed by atoms with Gasteiger partial charge in [0.2, 0.25) is 0 Å². The summed E-state index contributed by atoms with van der Waals surface area (Å²) in [5.74, 6) is 2.64. The molecule has 3 rings (SSSR count). The van der Waals surface area contributed by atoms with Gasteiger partial charge in [0.05, 0.1) is 7.11 Å². The molecule has 5 heteroatoms. The molecule has 0 amide bonds. The fourth-order valence-electron chi connectivity index (χ4n) is 2.28. The molecule has 0 atom stereocenters. The smallest absolute Gasteiger partial charge is 0.185 e. The maximum Gasteiger partial charge on any atom is 0.185 e. The second-order valence-electron chi connectivity index (χ2n) is 5.48. The van der Waals surface area contributed by atoms with E-state index in [2.05, 4.69) is 15.9 Å². The van der Waals surface area contributed by atoms with E-state index >= 15 is 0 Å². The van der Waals surface area contributed by atoms with Gasteiger partial charge in [-0.25, -0.2) is 0 Å². The molecule has 0 radical (unpaired) electrons. The van der Waals surface area contributed by atoms with E-state index in [1.165, 1.54) is 6.08 Å². The SMILES string of the molecule is COc1ccc(C(=O)/C=C/c2ccc(COc3cccc(Br)c3)o2)cc1. The van der Waals surface area contributed by atoms with E-state index < -0.39 is 0 Å². The Bertz CT molecular complexity index is 910. The number of furan rings is 1. The Balaban J connectivity index is 1.58.